The van der Waals surface area contributed by atoms with Crippen molar-refractivity contribution in [2.45, 2.75) is 117 Å². The Balaban J connectivity index is 3.55. The van der Waals surface area contributed by atoms with Crippen molar-refractivity contribution in [3.63, 3.8) is 0 Å². The molecule has 0 fully saturated rings. The van der Waals surface area contributed by atoms with Crippen molar-refractivity contribution < 1.29 is 5.11 Å². The van der Waals surface area contributed by atoms with Gasteiger partial charge in [-0.05, 0) is 24.7 Å². The lowest BCUT2D eigenvalue weighted by molar-refractivity contribution is -0.0293. The fourth-order valence-corrected chi connectivity index (χ4v) is 3.30. The van der Waals surface area contributed by atoms with E-state index in [1.807, 2.05) is 0 Å². The molecule has 0 aliphatic carbocycles. The molecule has 0 spiro atoms. The number of aliphatic hydroxyl groups is 1. The van der Waals surface area contributed by atoms with E-state index in [9.17, 15) is 5.11 Å². The SMILES string of the molecule is CCCCCCCCCCCC(C)CC(O)(CC)C(C)C. The van der Waals surface area contributed by atoms with Gasteiger partial charge in [-0.25, -0.2) is 0 Å². The highest BCUT2D eigenvalue weighted by Crippen LogP contribution is 2.30. The predicted molar refractivity (Wildman–Crippen MR) is 95.7 cm³/mol. The molecule has 0 amide bonds. The van der Waals surface area contributed by atoms with E-state index in [0.29, 0.717) is 11.8 Å². The lowest BCUT2D eigenvalue weighted by atomic mass is 9.79. The molecule has 0 rings (SSSR count). The van der Waals surface area contributed by atoms with E-state index in [4.69, 9.17) is 0 Å². The second-order valence-electron chi connectivity index (χ2n) is 7.54. The molecule has 0 aromatic rings. The van der Waals surface area contributed by atoms with Gasteiger partial charge in [0.15, 0.2) is 0 Å². The summed E-state index contributed by atoms with van der Waals surface area (Å²) in [6, 6.07) is 0. The third kappa shape index (κ3) is 10.3. The van der Waals surface area contributed by atoms with Crippen LogP contribution in [0.5, 0.6) is 0 Å². The minimum absolute atomic E-state index is 0.369. The average molecular weight is 299 g/mol. The minimum atomic E-state index is -0.446. The van der Waals surface area contributed by atoms with Crippen molar-refractivity contribution in [2.75, 3.05) is 0 Å². The fraction of sp³-hybridized carbons (Fsp3) is 1.00. The first kappa shape index (κ1) is 21.0. The summed E-state index contributed by atoms with van der Waals surface area (Å²) in [4.78, 5) is 0. The summed E-state index contributed by atoms with van der Waals surface area (Å²) in [6.45, 7) is 11.0. The lowest BCUT2D eigenvalue weighted by Gasteiger charge is -2.33. The van der Waals surface area contributed by atoms with E-state index >= 15 is 0 Å². The molecule has 1 N–H and O–H groups in total. The average Bonchev–Trinajstić information content (AvgIpc) is 2.45. The fourth-order valence-electron chi connectivity index (χ4n) is 3.30. The van der Waals surface area contributed by atoms with Gasteiger partial charge in [0, 0.05) is 0 Å². The summed E-state index contributed by atoms with van der Waals surface area (Å²) in [5, 5.41) is 10.6. The standard InChI is InChI=1S/C20H42O/c1-6-8-9-10-11-12-13-14-15-16-19(5)17-20(21,7-2)18(3)4/h18-19,21H,6-17H2,1-5H3. The van der Waals surface area contributed by atoms with E-state index < -0.39 is 5.60 Å². The highest BCUT2D eigenvalue weighted by molar-refractivity contribution is 4.82. The summed E-state index contributed by atoms with van der Waals surface area (Å²) < 4.78 is 0. The zero-order chi connectivity index (χ0) is 16.1. The molecule has 0 saturated heterocycles. The summed E-state index contributed by atoms with van der Waals surface area (Å²) in [7, 11) is 0. The Labute approximate surface area is 134 Å². The molecule has 0 aromatic heterocycles. The van der Waals surface area contributed by atoms with Gasteiger partial charge in [-0.3, -0.25) is 0 Å². The Bertz CT molecular complexity index is 224. The maximum Gasteiger partial charge on any atom is 0.0670 e. The van der Waals surface area contributed by atoms with Crippen LogP contribution in [0, 0.1) is 11.8 Å². The van der Waals surface area contributed by atoms with Crippen LogP contribution in [0.2, 0.25) is 0 Å². The van der Waals surface area contributed by atoms with Gasteiger partial charge < -0.3 is 5.11 Å². The topological polar surface area (TPSA) is 20.2 Å². The van der Waals surface area contributed by atoms with Crippen LogP contribution in [0.1, 0.15) is 112 Å². The molecule has 128 valence electrons. The number of rotatable bonds is 14. The first-order valence-electron chi connectivity index (χ1n) is 9.68. The van der Waals surface area contributed by atoms with Crippen LogP contribution in [-0.2, 0) is 0 Å². The zero-order valence-corrected chi connectivity index (χ0v) is 15.6. The van der Waals surface area contributed by atoms with Crippen LogP contribution in [-0.4, -0.2) is 10.7 Å². The number of hydrogen-bond donors (Lipinski definition) is 1. The highest BCUT2D eigenvalue weighted by Gasteiger charge is 2.30. The highest BCUT2D eigenvalue weighted by atomic mass is 16.3. The molecule has 0 heterocycles. The quantitative estimate of drug-likeness (QED) is 0.352. The summed E-state index contributed by atoms with van der Waals surface area (Å²) >= 11 is 0. The second kappa shape index (κ2) is 12.5. The van der Waals surface area contributed by atoms with Gasteiger partial charge in [-0.15, -0.1) is 0 Å². The number of unbranched alkanes of at least 4 members (excludes halogenated alkanes) is 8. The largest absolute Gasteiger partial charge is 0.390 e. The lowest BCUT2D eigenvalue weighted by Crippen LogP contribution is -2.36. The maximum atomic E-state index is 10.6. The normalized spacial score (nSPS) is 16.1. The van der Waals surface area contributed by atoms with Crippen LogP contribution >= 0.6 is 0 Å². The Kier molecular flexibility index (Phi) is 12.5. The van der Waals surface area contributed by atoms with Crippen molar-refractivity contribution in [3.05, 3.63) is 0 Å². The Morgan fingerprint density at radius 1 is 0.762 bits per heavy atom. The molecule has 1 nitrogen and oxygen atoms in total. The van der Waals surface area contributed by atoms with E-state index in [0.717, 1.165) is 12.8 Å². The molecule has 21 heavy (non-hydrogen) atoms. The summed E-state index contributed by atoms with van der Waals surface area (Å²) in [5.74, 6) is 1.02. The molecule has 0 saturated carbocycles. The number of hydrogen-bond acceptors (Lipinski definition) is 1. The predicted octanol–water partition coefficient (Wildman–Crippen LogP) is 6.73. The molecule has 0 bridgehead atoms. The van der Waals surface area contributed by atoms with Crippen LogP contribution < -0.4 is 0 Å². The van der Waals surface area contributed by atoms with Crippen molar-refractivity contribution in [2.24, 2.45) is 11.8 Å². The Hall–Kier alpha value is -0.0400. The molecular formula is C20H42O. The van der Waals surface area contributed by atoms with Crippen LogP contribution in [0.25, 0.3) is 0 Å². The van der Waals surface area contributed by atoms with Gasteiger partial charge in [-0.2, -0.15) is 0 Å². The van der Waals surface area contributed by atoms with E-state index in [1.165, 1.54) is 64.2 Å². The van der Waals surface area contributed by atoms with Crippen molar-refractivity contribution in [3.8, 4) is 0 Å². The van der Waals surface area contributed by atoms with Gasteiger partial charge in [0.25, 0.3) is 0 Å². The first-order valence-corrected chi connectivity index (χ1v) is 9.68. The van der Waals surface area contributed by atoms with Crippen LogP contribution in [0.15, 0.2) is 0 Å². The van der Waals surface area contributed by atoms with Gasteiger partial charge in [-0.1, -0.05) is 98.8 Å². The van der Waals surface area contributed by atoms with Gasteiger partial charge in [0.05, 0.1) is 5.60 Å². The van der Waals surface area contributed by atoms with Crippen molar-refractivity contribution >= 4 is 0 Å². The van der Waals surface area contributed by atoms with Gasteiger partial charge in [0.1, 0.15) is 0 Å². The summed E-state index contributed by atoms with van der Waals surface area (Å²) in [6.07, 6.45) is 15.7. The minimum Gasteiger partial charge on any atom is -0.390 e. The molecule has 0 aliphatic rings. The molecule has 2 atom stereocenters. The molecule has 2 unspecified atom stereocenters. The monoisotopic (exact) mass is 298 g/mol. The van der Waals surface area contributed by atoms with E-state index in [-0.39, 0.29) is 0 Å². The van der Waals surface area contributed by atoms with Gasteiger partial charge in [0.2, 0.25) is 0 Å². The van der Waals surface area contributed by atoms with Crippen molar-refractivity contribution in [1.82, 2.24) is 0 Å². The molecule has 0 radical (unpaired) electrons. The van der Waals surface area contributed by atoms with Crippen molar-refractivity contribution in [1.29, 1.82) is 0 Å². The van der Waals surface area contributed by atoms with E-state index in [2.05, 4.69) is 34.6 Å². The van der Waals surface area contributed by atoms with E-state index in [1.54, 1.807) is 0 Å². The van der Waals surface area contributed by atoms with Crippen LogP contribution in [0.3, 0.4) is 0 Å². The zero-order valence-electron chi connectivity index (χ0n) is 15.6. The molecule has 1 heteroatoms. The molecular weight excluding hydrogens is 256 g/mol. The smallest absolute Gasteiger partial charge is 0.0670 e. The molecule has 0 aliphatic heterocycles. The third-order valence-electron chi connectivity index (χ3n) is 5.19. The summed E-state index contributed by atoms with van der Waals surface area (Å²) in [5.41, 5.74) is -0.446. The first-order chi connectivity index (χ1) is 9.96. The Morgan fingerprint density at radius 3 is 1.67 bits per heavy atom. The second-order valence-corrected chi connectivity index (χ2v) is 7.54. The molecule has 0 aromatic carbocycles. The Morgan fingerprint density at radius 2 is 1.24 bits per heavy atom. The van der Waals surface area contributed by atoms with Gasteiger partial charge >= 0.3 is 0 Å². The van der Waals surface area contributed by atoms with Crippen LogP contribution in [0.4, 0.5) is 0 Å². The maximum absolute atomic E-state index is 10.6. The third-order valence-corrected chi connectivity index (χ3v) is 5.19.